The number of hydrogen-bond acceptors (Lipinski definition) is 4. The van der Waals surface area contributed by atoms with Crippen LogP contribution in [0.4, 0.5) is 5.82 Å². The molecule has 0 unspecified atom stereocenters. The molecule has 2 aromatic rings. The molecule has 0 fully saturated rings. The summed E-state index contributed by atoms with van der Waals surface area (Å²) in [7, 11) is 1.67. The Morgan fingerprint density at radius 1 is 1.09 bits per heavy atom. The Bertz CT molecular complexity index is 665. The third-order valence-electron chi connectivity index (χ3n) is 3.78. The first kappa shape index (κ1) is 16.0. The molecule has 0 radical (unpaired) electrons. The fraction of sp³-hybridized carbons (Fsp3) is 0.333. The molecule has 0 atom stereocenters. The van der Waals surface area contributed by atoms with Gasteiger partial charge in [-0.3, -0.25) is 0 Å². The van der Waals surface area contributed by atoms with Gasteiger partial charge in [-0.1, -0.05) is 38.1 Å². The highest BCUT2D eigenvalue weighted by Crippen LogP contribution is 2.28. The third-order valence-corrected chi connectivity index (χ3v) is 3.78. The summed E-state index contributed by atoms with van der Waals surface area (Å²) in [6.07, 6.45) is 4.14. The number of nitrogen functional groups attached to an aromatic ring is 1. The van der Waals surface area contributed by atoms with Crippen LogP contribution in [0.2, 0.25) is 0 Å². The van der Waals surface area contributed by atoms with Gasteiger partial charge in [-0.2, -0.15) is 0 Å². The summed E-state index contributed by atoms with van der Waals surface area (Å²) in [5.74, 6) is 2.07. The molecule has 0 amide bonds. The number of ether oxygens (including phenoxy) is 1. The molecular formula is C18H23N3O. The van der Waals surface area contributed by atoms with Crippen LogP contribution in [0.5, 0.6) is 5.75 Å². The van der Waals surface area contributed by atoms with Gasteiger partial charge in [0.1, 0.15) is 17.4 Å². The summed E-state index contributed by atoms with van der Waals surface area (Å²) < 4.78 is 5.20. The van der Waals surface area contributed by atoms with E-state index in [1.54, 1.807) is 7.11 Å². The lowest BCUT2D eigenvalue weighted by Gasteiger charge is -2.21. The second kappa shape index (κ2) is 6.18. The largest absolute Gasteiger partial charge is 0.497 e. The second-order valence-corrected chi connectivity index (χ2v) is 5.94. The molecule has 1 heterocycles. The van der Waals surface area contributed by atoms with Crippen molar-refractivity contribution in [3.63, 3.8) is 0 Å². The Labute approximate surface area is 132 Å². The summed E-state index contributed by atoms with van der Waals surface area (Å²) in [6.45, 7) is 8.11. The summed E-state index contributed by atoms with van der Waals surface area (Å²) in [5, 5.41) is 0. The number of aromatic nitrogens is 2. The zero-order valence-electron chi connectivity index (χ0n) is 13.8. The maximum atomic E-state index is 6.01. The minimum Gasteiger partial charge on any atom is -0.497 e. The molecule has 0 saturated heterocycles. The van der Waals surface area contributed by atoms with Crippen molar-refractivity contribution >= 4 is 11.9 Å². The van der Waals surface area contributed by atoms with Crippen molar-refractivity contribution in [2.75, 3.05) is 12.8 Å². The van der Waals surface area contributed by atoms with Crippen LogP contribution in [-0.4, -0.2) is 17.1 Å². The number of aryl methyl sites for hydroxylation is 2. The highest BCUT2D eigenvalue weighted by molar-refractivity contribution is 5.64. The number of allylic oxidation sites excluding steroid dienone is 1. The van der Waals surface area contributed by atoms with E-state index in [1.165, 1.54) is 5.56 Å². The smallest absolute Gasteiger partial charge is 0.134 e. The van der Waals surface area contributed by atoms with E-state index in [2.05, 4.69) is 42.0 Å². The van der Waals surface area contributed by atoms with E-state index in [0.29, 0.717) is 11.6 Å². The van der Waals surface area contributed by atoms with Gasteiger partial charge in [-0.05, 0) is 31.5 Å². The van der Waals surface area contributed by atoms with Gasteiger partial charge in [-0.25, -0.2) is 9.97 Å². The van der Waals surface area contributed by atoms with Gasteiger partial charge in [0, 0.05) is 11.0 Å². The quantitative estimate of drug-likeness (QED) is 0.935. The number of benzene rings is 1. The number of nitrogens with zero attached hydrogens (tertiary/aromatic N) is 2. The van der Waals surface area contributed by atoms with Crippen LogP contribution in [0.25, 0.3) is 6.08 Å². The predicted molar refractivity (Wildman–Crippen MR) is 91.0 cm³/mol. The topological polar surface area (TPSA) is 61.0 Å². The molecule has 0 bridgehead atoms. The normalized spacial score (nSPS) is 11.9. The van der Waals surface area contributed by atoms with Gasteiger partial charge in [0.2, 0.25) is 0 Å². The van der Waals surface area contributed by atoms with Crippen molar-refractivity contribution in [1.82, 2.24) is 9.97 Å². The van der Waals surface area contributed by atoms with Crippen LogP contribution in [0, 0.1) is 13.8 Å². The van der Waals surface area contributed by atoms with Crippen LogP contribution in [-0.2, 0) is 5.41 Å². The van der Waals surface area contributed by atoms with Gasteiger partial charge < -0.3 is 10.5 Å². The maximum Gasteiger partial charge on any atom is 0.134 e. The van der Waals surface area contributed by atoms with Crippen LogP contribution in [0.1, 0.15) is 36.5 Å². The minimum atomic E-state index is -0.129. The van der Waals surface area contributed by atoms with Crippen molar-refractivity contribution < 1.29 is 4.74 Å². The van der Waals surface area contributed by atoms with E-state index >= 15 is 0 Å². The Morgan fingerprint density at radius 2 is 1.73 bits per heavy atom. The van der Waals surface area contributed by atoms with E-state index in [1.807, 2.05) is 32.1 Å². The molecule has 1 aromatic heterocycles. The standard InChI is InChI=1S/C18H23N3O/c1-12-16(17(19)21-13(2)20-12)10-11-18(3,4)14-6-8-15(22-5)9-7-14/h6-11H,1-5H3,(H2,19,20,21)/b11-10+. The SMILES string of the molecule is COc1ccc(C(C)(C)/C=C/c2c(C)nc(C)nc2N)cc1. The molecule has 22 heavy (non-hydrogen) atoms. The second-order valence-electron chi connectivity index (χ2n) is 5.94. The minimum absolute atomic E-state index is 0.129. The zero-order valence-corrected chi connectivity index (χ0v) is 13.8. The first-order valence-corrected chi connectivity index (χ1v) is 7.28. The Hall–Kier alpha value is -2.36. The number of methoxy groups -OCH3 is 1. The summed E-state index contributed by atoms with van der Waals surface area (Å²) in [6, 6.07) is 8.09. The van der Waals surface area contributed by atoms with E-state index in [-0.39, 0.29) is 5.41 Å². The molecule has 0 spiro atoms. The molecular weight excluding hydrogens is 274 g/mol. The summed E-state index contributed by atoms with van der Waals surface area (Å²) in [4.78, 5) is 8.60. The number of nitrogens with two attached hydrogens (primary N) is 1. The molecule has 0 aliphatic rings. The van der Waals surface area contributed by atoms with Crippen LogP contribution in [0.15, 0.2) is 30.3 Å². The Kier molecular flexibility index (Phi) is 4.50. The lowest BCUT2D eigenvalue weighted by atomic mass is 9.84. The van der Waals surface area contributed by atoms with Crippen LogP contribution < -0.4 is 10.5 Å². The van der Waals surface area contributed by atoms with E-state index in [4.69, 9.17) is 10.5 Å². The van der Waals surface area contributed by atoms with Gasteiger partial charge in [0.05, 0.1) is 12.8 Å². The summed E-state index contributed by atoms with van der Waals surface area (Å²) in [5.41, 5.74) is 8.86. The average molecular weight is 297 g/mol. The first-order valence-electron chi connectivity index (χ1n) is 7.28. The van der Waals surface area contributed by atoms with Gasteiger partial charge in [0.15, 0.2) is 0 Å². The molecule has 2 rings (SSSR count). The third kappa shape index (κ3) is 3.45. The van der Waals surface area contributed by atoms with Crippen molar-refractivity contribution in [3.05, 3.63) is 53.0 Å². The Morgan fingerprint density at radius 3 is 2.27 bits per heavy atom. The Balaban J connectivity index is 2.31. The molecule has 0 aliphatic heterocycles. The molecule has 2 N–H and O–H groups in total. The molecule has 1 aromatic carbocycles. The fourth-order valence-electron chi connectivity index (χ4n) is 2.36. The van der Waals surface area contributed by atoms with E-state index in [0.717, 1.165) is 17.0 Å². The lowest BCUT2D eigenvalue weighted by molar-refractivity contribution is 0.414. The molecule has 4 heteroatoms. The van der Waals surface area contributed by atoms with Crippen LogP contribution in [0.3, 0.4) is 0 Å². The number of hydrogen-bond donors (Lipinski definition) is 1. The van der Waals surface area contributed by atoms with E-state index < -0.39 is 0 Å². The maximum absolute atomic E-state index is 6.01. The fourth-order valence-corrected chi connectivity index (χ4v) is 2.36. The van der Waals surface area contributed by atoms with Crippen molar-refractivity contribution in [1.29, 1.82) is 0 Å². The lowest BCUT2D eigenvalue weighted by Crippen LogP contribution is -2.13. The monoisotopic (exact) mass is 297 g/mol. The molecule has 116 valence electrons. The van der Waals surface area contributed by atoms with Gasteiger partial charge >= 0.3 is 0 Å². The summed E-state index contributed by atoms with van der Waals surface area (Å²) >= 11 is 0. The first-order chi connectivity index (χ1) is 10.3. The van der Waals surface area contributed by atoms with Crippen molar-refractivity contribution in [2.24, 2.45) is 0 Å². The highest BCUT2D eigenvalue weighted by Gasteiger charge is 2.17. The van der Waals surface area contributed by atoms with Gasteiger partial charge in [-0.15, -0.1) is 0 Å². The molecule has 0 aliphatic carbocycles. The molecule has 0 saturated carbocycles. The van der Waals surface area contributed by atoms with Crippen molar-refractivity contribution in [2.45, 2.75) is 33.1 Å². The molecule has 4 nitrogen and oxygen atoms in total. The predicted octanol–water partition coefficient (Wildman–Crippen LogP) is 3.68. The van der Waals surface area contributed by atoms with Crippen molar-refractivity contribution in [3.8, 4) is 5.75 Å². The van der Waals surface area contributed by atoms with Gasteiger partial charge in [0.25, 0.3) is 0 Å². The van der Waals surface area contributed by atoms with Crippen LogP contribution >= 0.6 is 0 Å². The van der Waals surface area contributed by atoms with E-state index in [9.17, 15) is 0 Å². The number of anilines is 1. The highest BCUT2D eigenvalue weighted by atomic mass is 16.5. The average Bonchev–Trinajstić information content (AvgIpc) is 2.46. The zero-order chi connectivity index (χ0) is 16.3. The number of rotatable bonds is 4.